The van der Waals surface area contributed by atoms with E-state index < -0.39 is 0 Å². The monoisotopic (exact) mass is 368 g/mol. The maximum Gasteiger partial charge on any atom is 0.0833 e. The minimum Gasteiger partial charge on any atom is -0.284 e. The molecule has 0 unspecified atom stereocenters. The van der Waals surface area contributed by atoms with E-state index in [2.05, 4.69) is 36.7 Å². The van der Waals surface area contributed by atoms with E-state index in [9.17, 15) is 0 Å². The molecule has 1 aliphatic heterocycles. The predicted octanol–water partition coefficient (Wildman–Crippen LogP) is 6.33. The largest absolute Gasteiger partial charge is 0.284 e. The van der Waals surface area contributed by atoms with Crippen LogP contribution < -0.4 is 10.6 Å². The van der Waals surface area contributed by atoms with Gasteiger partial charge in [0.2, 0.25) is 0 Å². The van der Waals surface area contributed by atoms with Crippen molar-refractivity contribution in [3.63, 3.8) is 0 Å². The summed E-state index contributed by atoms with van der Waals surface area (Å²) in [5.74, 6) is 0. The van der Waals surface area contributed by atoms with Crippen LogP contribution in [0.1, 0.15) is 77.6 Å². The number of hydrogen-bond donors (Lipinski definition) is 0. The fourth-order valence-corrected chi connectivity index (χ4v) is 4.53. The first-order valence-corrected chi connectivity index (χ1v) is 11.4. The van der Waals surface area contributed by atoms with Gasteiger partial charge >= 0.3 is 0 Å². The van der Waals surface area contributed by atoms with Crippen LogP contribution in [0.2, 0.25) is 0 Å². The van der Waals surface area contributed by atoms with Crippen LogP contribution in [0, 0.1) is 0 Å². The highest BCUT2D eigenvalue weighted by Crippen LogP contribution is 2.29. The van der Waals surface area contributed by atoms with Crippen molar-refractivity contribution in [3.05, 3.63) is 28.1 Å². The van der Waals surface area contributed by atoms with Gasteiger partial charge in [-0.25, -0.2) is 0 Å². The summed E-state index contributed by atoms with van der Waals surface area (Å²) in [6, 6.07) is 4.42. The zero-order chi connectivity index (χ0) is 18.0. The molecule has 1 aromatic carbocycles. The summed E-state index contributed by atoms with van der Waals surface area (Å²) < 4.78 is 1.30. The standard InChI is InChI=1S/C23H32N2S/c1-2-3-4-5-6-7-8-9-10-11-16-24-20-18-26-21-15-14-19-13-12-17-25-23(19)22(20)21/h13-16,18H,2-12,17H2,1H3. The third-order valence-electron chi connectivity index (χ3n) is 5.15. The Morgan fingerprint density at radius 1 is 1.04 bits per heavy atom. The molecule has 1 aromatic heterocycles. The molecular formula is C23H32N2S. The van der Waals surface area contributed by atoms with Crippen molar-refractivity contribution in [1.82, 2.24) is 0 Å². The molecule has 0 amide bonds. The fraction of sp³-hybridized carbons (Fsp3) is 0.565. The Labute approximate surface area is 161 Å². The molecule has 0 fully saturated rings. The van der Waals surface area contributed by atoms with Gasteiger partial charge in [-0.2, -0.15) is 0 Å². The minimum absolute atomic E-state index is 0.906. The second-order valence-electron chi connectivity index (χ2n) is 7.30. The molecule has 2 heterocycles. The van der Waals surface area contributed by atoms with Crippen LogP contribution in [0.5, 0.6) is 0 Å². The summed E-state index contributed by atoms with van der Waals surface area (Å²) in [6.07, 6.45) is 19.0. The van der Waals surface area contributed by atoms with E-state index in [1.54, 1.807) is 11.3 Å². The molecule has 0 atom stereocenters. The lowest BCUT2D eigenvalue weighted by Crippen LogP contribution is -2.28. The first-order chi connectivity index (χ1) is 12.9. The van der Waals surface area contributed by atoms with E-state index in [1.165, 1.54) is 73.1 Å². The first kappa shape index (κ1) is 19.3. The Kier molecular flexibility index (Phi) is 7.87. The van der Waals surface area contributed by atoms with Crippen LogP contribution in [0.4, 0.5) is 5.69 Å². The van der Waals surface area contributed by atoms with E-state index in [1.807, 2.05) is 0 Å². The van der Waals surface area contributed by atoms with Gasteiger partial charge in [0, 0.05) is 28.2 Å². The molecule has 0 N–H and O–H groups in total. The molecule has 26 heavy (non-hydrogen) atoms. The number of benzene rings is 1. The number of unbranched alkanes of at least 4 members (excludes halogenated alkanes) is 9. The Bertz CT molecular complexity index is 832. The molecular weight excluding hydrogens is 336 g/mol. The zero-order valence-electron chi connectivity index (χ0n) is 16.2. The highest BCUT2D eigenvalue weighted by Gasteiger charge is 2.07. The van der Waals surface area contributed by atoms with Crippen molar-refractivity contribution >= 4 is 39.4 Å². The predicted molar refractivity (Wildman–Crippen MR) is 117 cm³/mol. The van der Waals surface area contributed by atoms with Gasteiger partial charge in [-0.3, -0.25) is 9.98 Å². The van der Waals surface area contributed by atoms with Crippen molar-refractivity contribution in [2.24, 2.45) is 9.98 Å². The Morgan fingerprint density at radius 3 is 2.62 bits per heavy atom. The van der Waals surface area contributed by atoms with E-state index in [0.717, 1.165) is 30.4 Å². The van der Waals surface area contributed by atoms with Crippen LogP contribution in [0.3, 0.4) is 0 Å². The first-order valence-electron chi connectivity index (χ1n) is 10.5. The smallest absolute Gasteiger partial charge is 0.0833 e. The molecule has 0 bridgehead atoms. The average Bonchev–Trinajstić information content (AvgIpc) is 3.10. The molecule has 0 saturated heterocycles. The number of aliphatic imine (C=N–C) groups is 1. The third-order valence-corrected chi connectivity index (χ3v) is 6.09. The van der Waals surface area contributed by atoms with Crippen LogP contribution in [0.15, 0.2) is 27.5 Å². The quantitative estimate of drug-likeness (QED) is 0.327. The Balaban J connectivity index is 1.45. The summed E-state index contributed by atoms with van der Waals surface area (Å²) in [5.41, 5.74) is 1.11. The second kappa shape index (κ2) is 10.6. The summed E-state index contributed by atoms with van der Waals surface area (Å²) in [7, 11) is 0. The van der Waals surface area contributed by atoms with E-state index in [-0.39, 0.29) is 0 Å². The van der Waals surface area contributed by atoms with Crippen molar-refractivity contribution in [3.8, 4) is 0 Å². The van der Waals surface area contributed by atoms with Crippen molar-refractivity contribution in [1.29, 1.82) is 0 Å². The van der Waals surface area contributed by atoms with Gasteiger partial charge < -0.3 is 0 Å². The number of hydrogen-bond acceptors (Lipinski definition) is 3. The summed E-state index contributed by atoms with van der Waals surface area (Å²) >= 11 is 1.78. The van der Waals surface area contributed by atoms with Crippen LogP contribution in [0.25, 0.3) is 16.2 Å². The number of fused-ring (bicyclic) bond motifs is 3. The van der Waals surface area contributed by atoms with Crippen molar-refractivity contribution in [2.75, 3.05) is 6.54 Å². The van der Waals surface area contributed by atoms with Gasteiger partial charge in [0.05, 0.1) is 11.0 Å². The third kappa shape index (κ3) is 5.26. The lowest BCUT2D eigenvalue weighted by molar-refractivity contribution is 0.569. The molecule has 1 aliphatic rings. The van der Waals surface area contributed by atoms with E-state index in [0.29, 0.717) is 0 Å². The maximum atomic E-state index is 4.78. The summed E-state index contributed by atoms with van der Waals surface area (Å²) in [6.45, 7) is 3.19. The van der Waals surface area contributed by atoms with Gasteiger partial charge in [0.15, 0.2) is 0 Å². The SMILES string of the molecule is CCCCCCCCCCCC=Nc1csc2ccc3c(c12)=NCCC=3. The zero-order valence-corrected chi connectivity index (χ0v) is 17.0. The van der Waals surface area contributed by atoms with Crippen LogP contribution >= 0.6 is 11.3 Å². The maximum absolute atomic E-state index is 4.78. The lowest BCUT2D eigenvalue weighted by atomic mass is 10.1. The van der Waals surface area contributed by atoms with Crippen molar-refractivity contribution < 1.29 is 0 Å². The molecule has 3 heteroatoms. The molecule has 0 aliphatic carbocycles. The average molecular weight is 369 g/mol. The van der Waals surface area contributed by atoms with Gasteiger partial charge in [-0.1, -0.05) is 70.4 Å². The van der Waals surface area contributed by atoms with Gasteiger partial charge in [0.25, 0.3) is 0 Å². The van der Waals surface area contributed by atoms with Gasteiger partial charge in [-0.15, -0.1) is 11.3 Å². The Hall–Kier alpha value is -1.48. The fourth-order valence-electron chi connectivity index (χ4n) is 3.65. The lowest BCUT2D eigenvalue weighted by Gasteiger charge is -2.02. The topological polar surface area (TPSA) is 24.7 Å². The molecule has 140 valence electrons. The van der Waals surface area contributed by atoms with Crippen molar-refractivity contribution in [2.45, 2.75) is 77.6 Å². The molecule has 2 nitrogen and oxygen atoms in total. The summed E-state index contributed by atoms with van der Waals surface area (Å²) in [5, 5.41) is 5.87. The molecule has 2 aromatic rings. The molecule has 0 saturated carbocycles. The summed E-state index contributed by atoms with van der Waals surface area (Å²) in [4.78, 5) is 9.54. The highest BCUT2D eigenvalue weighted by atomic mass is 32.1. The Morgan fingerprint density at radius 2 is 1.81 bits per heavy atom. The van der Waals surface area contributed by atoms with Gasteiger partial charge in [0.1, 0.15) is 0 Å². The minimum atomic E-state index is 0.906. The van der Waals surface area contributed by atoms with E-state index >= 15 is 0 Å². The van der Waals surface area contributed by atoms with Crippen LogP contribution in [-0.2, 0) is 0 Å². The number of nitrogens with zero attached hydrogens (tertiary/aromatic N) is 2. The highest BCUT2D eigenvalue weighted by molar-refractivity contribution is 7.17. The van der Waals surface area contributed by atoms with E-state index in [4.69, 9.17) is 9.98 Å². The second-order valence-corrected chi connectivity index (χ2v) is 8.21. The molecule has 0 spiro atoms. The molecule has 0 radical (unpaired) electrons. The number of thiophene rings is 1. The van der Waals surface area contributed by atoms with Crippen LogP contribution in [-0.4, -0.2) is 12.8 Å². The number of rotatable bonds is 11. The normalized spacial score (nSPS) is 13.7. The molecule has 3 rings (SSSR count). The van der Waals surface area contributed by atoms with Gasteiger partial charge in [-0.05, 0) is 30.5 Å².